The average molecular weight is 575 g/mol. The normalized spacial score (nSPS) is 54.6. The molecule has 7 fully saturated rings. The van der Waals surface area contributed by atoms with Crippen molar-refractivity contribution in [1.29, 1.82) is 0 Å². The van der Waals surface area contributed by atoms with Gasteiger partial charge in [0, 0.05) is 23.7 Å². The van der Waals surface area contributed by atoms with E-state index in [-0.39, 0.29) is 29.3 Å². The number of fused-ring (bicyclic) bond motifs is 2. The van der Waals surface area contributed by atoms with E-state index in [1.165, 1.54) is 76.2 Å². The monoisotopic (exact) mass is 574 g/mol. The summed E-state index contributed by atoms with van der Waals surface area (Å²) >= 11 is 0. The maximum atomic E-state index is 11.8. The Morgan fingerprint density at radius 2 is 1.90 bits per heavy atom. The maximum Gasteiger partial charge on any atom is 0.0724 e. The Kier molecular flexibility index (Phi) is 6.32. The first kappa shape index (κ1) is 28.5. The molecule has 2 saturated heterocycles. The second-order valence-corrected chi connectivity index (χ2v) is 17.6. The standard InChI is InChI=1S/C38H58N2O2/c1-21(2)24-9-11-35(5)18-29(13-22(3)31(35)15-24)37-12-10-26-17-28-14-25-16-32(39-20-23(4)41)34(42)30-8-7-27(19-37)38(28,33(25)30)36(26,6)40-37/h13,23-28,30,32-34,39-42H,1,7-12,14-20H2,2-6H3/t23-,24+,25-,26+,27-,28+,30+,32+,33+,34+,35-,36+,37-,38-/m0/s1. The molecule has 0 aromatic rings. The molecule has 4 nitrogen and oxygen atoms in total. The van der Waals surface area contributed by atoms with Gasteiger partial charge in [-0.2, -0.15) is 0 Å². The number of hydrogen-bond acceptors (Lipinski definition) is 4. The first-order chi connectivity index (χ1) is 19.9. The summed E-state index contributed by atoms with van der Waals surface area (Å²) in [6.07, 6.45) is 17.4. The summed E-state index contributed by atoms with van der Waals surface area (Å²) in [6, 6.07) is 0.139. The Morgan fingerprint density at radius 1 is 1.10 bits per heavy atom. The topological polar surface area (TPSA) is 64.5 Å². The molecule has 0 unspecified atom stereocenters. The highest BCUT2D eigenvalue weighted by molar-refractivity contribution is 5.46. The predicted octanol–water partition coefficient (Wildman–Crippen LogP) is 6.69. The number of aliphatic hydroxyl groups is 2. The molecule has 8 aliphatic rings. The second-order valence-electron chi connectivity index (χ2n) is 17.6. The molecule has 0 aromatic carbocycles. The van der Waals surface area contributed by atoms with Crippen molar-refractivity contribution >= 4 is 0 Å². The molecule has 2 aliphatic heterocycles. The van der Waals surface area contributed by atoms with E-state index in [0.29, 0.717) is 35.1 Å². The van der Waals surface area contributed by atoms with Crippen molar-refractivity contribution in [2.75, 3.05) is 6.54 Å². The molecule has 42 heavy (non-hydrogen) atoms. The average Bonchev–Trinajstić information content (AvgIpc) is 3.41. The lowest BCUT2D eigenvalue weighted by molar-refractivity contribution is -0.180. The number of nitrogens with one attached hydrogen (secondary N) is 2. The Balaban J connectivity index is 1.15. The number of hydrogen-bond donors (Lipinski definition) is 4. The maximum absolute atomic E-state index is 11.8. The first-order valence-corrected chi connectivity index (χ1v) is 17.9. The predicted molar refractivity (Wildman–Crippen MR) is 170 cm³/mol. The molecule has 4 N–H and O–H groups in total. The number of rotatable bonds is 5. The summed E-state index contributed by atoms with van der Waals surface area (Å²) in [5.74, 6) is 4.81. The molecule has 4 heteroatoms. The fourth-order valence-electron chi connectivity index (χ4n) is 14.3. The molecule has 6 aliphatic carbocycles. The van der Waals surface area contributed by atoms with Crippen LogP contribution in [0.1, 0.15) is 112 Å². The van der Waals surface area contributed by atoms with Gasteiger partial charge in [0.1, 0.15) is 0 Å². The van der Waals surface area contributed by atoms with Gasteiger partial charge in [-0.05, 0) is 163 Å². The minimum atomic E-state index is -0.364. The largest absolute Gasteiger partial charge is 0.392 e. The van der Waals surface area contributed by atoms with Gasteiger partial charge in [-0.3, -0.25) is 0 Å². The van der Waals surface area contributed by atoms with Gasteiger partial charge in [0.2, 0.25) is 0 Å². The third kappa shape index (κ3) is 3.56. The van der Waals surface area contributed by atoms with E-state index in [2.05, 4.69) is 51.0 Å². The zero-order valence-electron chi connectivity index (χ0n) is 27.1. The van der Waals surface area contributed by atoms with Crippen molar-refractivity contribution in [1.82, 2.24) is 10.6 Å². The van der Waals surface area contributed by atoms with Crippen LogP contribution in [0, 0.1) is 52.3 Å². The Morgan fingerprint density at radius 3 is 2.67 bits per heavy atom. The lowest BCUT2D eigenvalue weighted by Gasteiger charge is -2.70. The molecular formula is C38H58N2O2. The van der Waals surface area contributed by atoms with Gasteiger partial charge < -0.3 is 20.8 Å². The highest BCUT2D eigenvalue weighted by Gasteiger charge is 2.79. The van der Waals surface area contributed by atoms with E-state index in [1.54, 1.807) is 16.7 Å². The fraction of sp³-hybridized carbons (Fsp3) is 0.842. The van der Waals surface area contributed by atoms with Crippen LogP contribution >= 0.6 is 0 Å². The lowest BCUT2D eigenvalue weighted by atomic mass is 9.41. The minimum Gasteiger partial charge on any atom is -0.392 e. The van der Waals surface area contributed by atoms with E-state index in [1.807, 2.05) is 6.92 Å². The summed E-state index contributed by atoms with van der Waals surface area (Å²) in [4.78, 5) is 0. The summed E-state index contributed by atoms with van der Waals surface area (Å²) < 4.78 is 0. The van der Waals surface area contributed by atoms with Gasteiger partial charge in [-0.15, -0.1) is 0 Å². The van der Waals surface area contributed by atoms with Crippen molar-refractivity contribution in [3.8, 4) is 0 Å². The first-order valence-electron chi connectivity index (χ1n) is 17.9. The second kappa shape index (κ2) is 9.30. The Labute approximate surface area is 255 Å². The molecule has 14 atom stereocenters. The highest BCUT2D eigenvalue weighted by atomic mass is 16.3. The SMILES string of the molecule is C=C(C)[C@@H]1CC[C@@]2(C)CC([C@]34CC[C@@H]5C[C@H]6C[C@H]7C[C@@H](NC[C@H](C)O)[C@H](O)[C@@H]8CC[C@@H](C3)[C@]6([C@H]78)[C@]5(C)N4)=CC(C)=C2C1. The molecule has 0 radical (unpaired) electrons. The van der Waals surface area contributed by atoms with E-state index in [4.69, 9.17) is 0 Å². The molecule has 0 amide bonds. The van der Waals surface area contributed by atoms with E-state index < -0.39 is 0 Å². The Bertz CT molecular complexity index is 1240. The van der Waals surface area contributed by atoms with Gasteiger partial charge in [-0.1, -0.05) is 36.3 Å². The third-order valence-corrected chi connectivity index (χ3v) is 15.7. The van der Waals surface area contributed by atoms with Crippen LogP contribution < -0.4 is 10.6 Å². The van der Waals surface area contributed by atoms with Gasteiger partial charge >= 0.3 is 0 Å². The van der Waals surface area contributed by atoms with Gasteiger partial charge in [0.15, 0.2) is 0 Å². The number of aliphatic hydroxyl groups excluding tert-OH is 2. The van der Waals surface area contributed by atoms with Crippen LogP contribution in [0.15, 0.2) is 34.9 Å². The van der Waals surface area contributed by atoms with Crippen LogP contribution in [0.25, 0.3) is 0 Å². The van der Waals surface area contributed by atoms with Crippen molar-refractivity contribution in [3.05, 3.63) is 34.9 Å². The van der Waals surface area contributed by atoms with Crippen molar-refractivity contribution in [2.45, 2.75) is 141 Å². The highest BCUT2D eigenvalue weighted by Crippen LogP contribution is 2.79. The van der Waals surface area contributed by atoms with Crippen LogP contribution in [-0.4, -0.2) is 46.1 Å². The molecule has 2 heterocycles. The minimum absolute atomic E-state index is 0.139. The smallest absolute Gasteiger partial charge is 0.0724 e. The molecule has 5 saturated carbocycles. The van der Waals surface area contributed by atoms with Crippen LogP contribution in [0.3, 0.4) is 0 Å². The lowest BCUT2D eigenvalue weighted by Crippen LogP contribution is -2.78. The molecule has 8 rings (SSSR count). The summed E-state index contributed by atoms with van der Waals surface area (Å²) in [6.45, 7) is 16.7. The zero-order chi connectivity index (χ0) is 29.4. The number of piperidine rings is 2. The van der Waals surface area contributed by atoms with E-state index in [9.17, 15) is 10.2 Å². The number of allylic oxidation sites excluding steroid dienone is 4. The third-order valence-electron chi connectivity index (χ3n) is 15.7. The van der Waals surface area contributed by atoms with Crippen molar-refractivity contribution < 1.29 is 10.2 Å². The molecule has 2 bridgehead atoms. The van der Waals surface area contributed by atoms with Crippen LogP contribution in [0.4, 0.5) is 0 Å². The van der Waals surface area contributed by atoms with Crippen molar-refractivity contribution in [3.63, 3.8) is 0 Å². The summed E-state index contributed by atoms with van der Waals surface area (Å²) in [5, 5.41) is 30.0. The zero-order valence-corrected chi connectivity index (χ0v) is 27.1. The van der Waals surface area contributed by atoms with E-state index >= 15 is 0 Å². The fourth-order valence-corrected chi connectivity index (χ4v) is 14.3. The van der Waals surface area contributed by atoms with Gasteiger partial charge in [-0.25, -0.2) is 0 Å². The molecule has 1 spiro atoms. The summed E-state index contributed by atoms with van der Waals surface area (Å²) in [7, 11) is 0. The van der Waals surface area contributed by atoms with Gasteiger partial charge in [0.25, 0.3) is 0 Å². The molecule has 0 aromatic heterocycles. The van der Waals surface area contributed by atoms with Crippen LogP contribution in [0.5, 0.6) is 0 Å². The summed E-state index contributed by atoms with van der Waals surface area (Å²) in [5.41, 5.74) is 7.37. The molecular weight excluding hydrogens is 516 g/mol. The quantitative estimate of drug-likeness (QED) is 0.276. The Hall–Kier alpha value is -0.940. The van der Waals surface area contributed by atoms with E-state index in [0.717, 1.165) is 30.1 Å². The van der Waals surface area contributed by atoms with Crippen LogP contribution in [-0.2, 0) is 0 Å². The van der Waals surface area contributed by atoms with Crippen LogP contribution in [0.2, 0.25) is 0 Å². The molecule has 232 valence electrons. The van der Waals surface area contributed by atoms with Crippen molar-refractivity contribution in [2.24, 2.45) is 52.3 Å². The van der Waals surface area contributed by atoms with Gasteiger partial charge in [0.05, 0.1) is 12.2 Å².